The van der Waals surface area contributed by atoms with Crippen LogP contribution in [0.15, 0.2) is 12.1 Å². The first kappa shape index (κ1) is 13.0. The summed E-state index contributed by atoms with van der Waals surface area (Å²) in [5, 5.41) is 0. The molecule has 2 nitrogen and oxygen atoms in total. The van der Waals surface area contributed by atoms with Crippen LogP contribution in [0.1, 0.15) is 42.9 Å². The Balaban J connectivity index is 1.99. The van der Waals surface area contributed by atoms with Gasteiger partial charge in [-0.2, -0.15) is 0 Å². The first-order chi connectivity index (χ1) is 9.13. The average Bonchev–Trinajstić information content (AvgIpc) is 3.26. The van der Waals surface area contributed by atoms with Gasteiger partial charge in [-0.25, -0.2) is 8.78 Å². The summed E-state index contributed by atoms with van der Waals surface area (Å²) in [4.78, 5) is 0. The Morgan fingerprint density at radius 3 is 2.21 bits per heavy atom. The molecule has 2 aliphatic rings. The number of halogens is 2. The van der Waals surface area contributed by atoms with E-state index in [1.54, 1.807) is 6.92 Å². The number of aryl methyl sites for hydroxylation is 1. The summed E-state index contributed by atoms with van der Waals surface area (Å²) in [6.07, 6.45) is 4.64. The van der Waals surface area contributed by atoms with E-state index >= 15 is 0 Å². The van der Waals surface area contributed by atoms with Crippen LogP contribution < -0.4 is 11.3 Å². The summed E-state index contributed by atoms with van der Waals surface area (Å²) in [5.41, 5.74) is 3.29. The lowest BCUT2D eigenvalue weighted by molar-refractivity contribution is 0.276. The lowest BCUT2D eigenvalue weighted by atomic mass is 9.84. The van der Waals surface area contributed by atoms with Crippen LogP contribution >= 0.6 is 0 Å². The van der Waals surface area contributed by atoms with E-state index in [0.29, 0.717) is 17.4 Å². The van der Waals surface area contributed by atoms with Crippen LogP contribution in [0.4, 0.5) is 8.78 Å². The monoisotopic (exact) mass is 266 g/mol. The minimum Gasteiger partial charge on any atom is -0.271 e. The van der Waals surface area contributed by atoms with Crippen LogP contribution in [0.2, 0.25) is 0 Å². The Labute approximate surface area is 112 Å². The molecule has 0 saturated heterocycles. The predicted octanol–water partition coefficient (Wildman–Crippen LogP) is 3.21. The van der Waals surface area contributed by atoms with Crippen molar-refractivity contribution < 1.29 is 8.78 Å². The topological polar surface area (TPSA) is 38.0 Å². The van der Waals surface area contributed by atoms with Crippen molar-refractivity contribution in [3.8, 4) is 0 Å². The normalized spacial score (nSPS) is 20.9. The zero-order valence-corrected chi connectivity index (χ0v) is 11.1. The first-order valence-electron chi connectivity index (χ1n) is 7.04. The highest BCUT2D eigenvalue weighted by Gasteiger charge is 2.46. The van der Waals surface area contributed by atoms with E-state index < -0.39 is 17.7 Å². The maximum absolute atomic E-state index is 14.3. The van der Waals surface area contributed by atoms with Crippen molar-refractivity contribution in [3.63, 3.8) is 0 Å². The second kappa shape index (κ2) is 4.84. The summed E-state index contributed by atoms with van der Waals surface area (Å²) >= 11 is 0. The van der Waals surface area contributed by atoms with E-state index in [1.807, 2.05) is 0 Å². The zero-order chi connectivity index (χ0) is 13.6. The van der Waals surface area contributed by atoms with Gasteiger partial charge in [0.15, 0.2) is 0 Å². The van der Waals surface area contributed by atoms with Crippen molar-refractivity contribution >= 4 is 0 Å². The van der Waals surface area contributed by atoms with Gasteiger partial charge in [0.25, 0.3) is 0 Å². The molecule has 3 rings (SSSR count). The molecule has 1 atom stereocenters. The molecule has 2 fully saturated rings. The van der Waals surface area contributed by atoms with E-state index in [-0.39, 0.29) is 11.5 Å². The lowest BCUT2D eigenvalue weighted by Gasteiger charge is -2.28. The first-order valence-corrected chi connectivity index (χ1v) is 7.04. The summed E-state index contributed by atoms with van der Waals surface area (Å²) in [5.74, 6) is 6.13. The van der Waals surface area contributed by atoms with E-state index in [0.717, 1.165) is 25.7 Å². The number of rotatable bonds is 5. The molecule has 2 aliphatic carbocycles. The van der Waals surface area contributed by atoms with Gasteiger partial charge in [-0.1, -0.05) is 6.07 Å². The minimum atomic E-state index is -0.489. The van der Waals surface area contributed by atoms with Crippen molar-refractivity contribution in [2.75, 3.05) is 0 Å². The molecular weight excluding hydrogens is 246 g/mol. The van der Waals surface area contributed by atoms with Gasteiger partial charge < -0.3 is 0 Å². The molecule has 19 heavy (non-hydrogen) atoms. The second-order valence-corrected chi connectivity index (χ2v) is 5.99. The van der Waals surface area contributed by atoms with Crippen LogP contribution in [0, 0.1) is 36.3 Å². The van der Waals surface area contributed by atoms with Crippen LogP contribution in [0.25, 0.3) is 0 Å². The highest BCUT2D eigenvalue weighted by Crippen LogP contribution is 2.54. The number of nitrogens with one attached hydrogen (secondary N) is 1. The van der Waals surface area contributed by atoms with Gasteiger partial charge >= 0.3 is 0 Å². The number of benzene rings is 1. The average molecular weight is 266 g/mol. The molecule has 1 aromatic rings. The molecule has 0 aromatic heterocycles. The number of nitrogens with two attached hydrogens (primary N) is 1. The van der Waals surface area contributed by atoms with Crippen molar-refractivity contribution in [2.45, 2.75) is 38.6 Å². The lowest BCUT2D eigenvalue weighted by Crippen LogP contribution is -2.37. The van der Waals surface area contributed by atoms with Crippen LogP contribution in [0.3, 0.4) is 0 Å². The standard InChI is InChI=1S/C15H20F2N2/c1-8-2-7-11(16)13(14(8)17)15(19-18)12(9-3-4-9)10-5-6-10/h2,7,9-10,12,15,19H,3-6,18H2,1H3. The van der Waals surface area contributed by atoms with E-state index in [4.69, 9.17) is 5.84 Å². The van der Waals surface area contributed by atoms with Crippen molar-refractivity contribution in [1.29, 1.82) is 0 Å². The molecule has 3 N–H and O–H groups in total. The quantitative estimate of drug-likeness (QED) is 0.634. The molecule has 1 aromatic carbocycles. The molecule has 4 heteroatoms. The zero-order valence-electron chi connectivity index (χ0n) is 11.1. The number of hydrogen-bond acceptors (Lipinski definition) is 2. The van der Waals surface area contributed by atoms with Gasteiger partial charge in [-0.05, 0) is 62.0 Å². The molecule has 1 unspecified atom stereocenters. The van der Waals surface area contributed by atoms with Gasteiger partial charge in [0.1, 0.15) is 11.6 Å². The molecule has 104 valence electrons. The van der Waals surface area contributed by atoms with Crippen molar-refractivity contribution in [2.24, 2.45) is 23.6 Å². The molecule has 0 heterocycles. The van der Waals surface area contributed by atoms with Gasteiger partial charge in [-0.15, -0.1) is 0 Å². The van der Waals surface area contributed by atoms with E-state index in [9.17, 15) is 8.78 Å². The SMILES string of the molecule is Cc1ccc(F)c(C(NN)C(C2CC2)C2CC2)c1F. The maximum Gasteiger partial charge on any atom is 0.133 e. The Morgan fingerprint density at radius 2 is 1.74 bits per heavy atom. The third-order valence-corrected chi connectivity index (χ3v) is 4.53. The van der Waals surface area contributed by atoms with E-state index in [1.165, 1.54) is 12.1 Å². The van der Waals surface area contributed by atoms with Gasteiger partial charge in [0, 0.05) is 5.56 Å². The minimum absolute atomic E-state index is 0.131. The Hall–Kier alpha value is -1.00. The molecule has 0 spiro atoms. The molecule has 0 radical (unpaired) electrons. The van der Waals surface area contributed by atoms with Crippen LogP contribution in [0.5, 0.6) is 0 Å². The number of hydrogen-bond donors (Lipinski definition) is 2. The van der Waals surface area contributed by atoms with Crippen molar-refractivity contribution in [3.05, 3.63) is 34.9 Å². The summed E-state index contributed by atoms with van der Waals surface area (Å²) in [6, 6.07) is 2.42. The molecular formula is C15H20F2N2. The van der Waals surface area contributed by atoms with Crippen molar-refractivity contribution in [1.82, 2.24) is 5.43 Å². The Bertz CT molecular complexity index is 469. The highest BCUT2D eigenvalue weighted by molar-refractivity contribution is 5.30. The fourth-order valence-electron chi connectivity index (χ4n) is 3.24. The fourth-order valence-corrected chi connectivity index (χ4v) is 3.24. The smallest absolute Gasteiger partial charge is 0.133 e. The van der Waals surface area contributed by atoms with Crippen LogP contribution in [-0.4, -0.2) is 0 Å². The summed E-state index contributed by atoms with van der Waals surface area (Å²) in [7, 11) is 0. The fraction of sp³-hybridized carbons (Fsp3) is 0.600. The summed E-state index contributed by atoms with van der Waals surface area (Å²) in [6.45, 7) is 1.66. The predicted molar refractivity (Wildman–Crippen MR) is 70.1 cm³/mol. The Morgan fingerprint density at radius 1 is 1.16 bits per heavy atom. The number of hydrazine groups is 1. The largest absolute Gasteiger partial charge is 0.271 e. The maximum atomic E-state index is 14.3. The highest BCUT2D eigenvalue weighted by atomic mass is 19.1. The van der Waals surface area contributed by atoms with Gasteiger partial charge in [0.05, 0.1) is 6.04 Å². The Kier molecular flexibility index (Phi) is 3.31. The molecule has 0 bridgehead atoms. The third-order valence-electron chi connectivity index (χ3n) is 4.53. The molecule has 0 amide bonds. The summed E-state index contributed by atoms with van der Waals surface area (Å²) < 4.78 is 28.4. The third kappa shape index (κ3) is 2.39. The van der Waals surface area contributed by atoms with Crippen LogP contribution in [-0.2, 0) is 0 Å². The van der Waals surface area contributed by atoms with Gasteiger partial charge in [0.2, 0.25) is 0 Å². The van der Waals surface area contributed by atoms with E-state index in [2.05, 4.69) is 5.43 Å². The molecule has 2 saturated carbocycles. The molecule has 0 aliphatic heterocycles. The van der Waals surface area contributed by atoms with Gasteiger partial charge in [-0.3, -0.25) is 11.3 Å². The second-order valence-electron chi connectivity index (χ2n) is 5.99.